The Labute approximate surface area is 124 Å². The number of hydrogen-bond acceptors (Lipinski definition) is 4. The molecule has 0 aromatic rings. The van der Waals surface area contributed by atoms with Crippen molar-refractivity contribution in [3.05, 3.63) is 0 Å². The Morgan fingerprint density at radius 2 is 1.55 bits per heavy atom. The minimum atomic E-state index is 0.291. The van der Waals surface area contributed by atoms with Gasteiger partial charge < -0.3 is 9.80 Å². The molecule has 0 aromatic heterocycles. The van der Waals surface area contributed by atoms with Gasteiger partial charge in [-0.1, -0.05) is 0 Å². The van der Waals surface area contributed by atoms with Crippen molar-refractivity contribution >= 4 is 5.78 Å². The van der Waals surface area contributed by atoms with Crippen LogP contribution in [0.1, 0.15) is 33.6 Å². The van der Waals surface area contributed by atoms with Crippen molar-refractivity contribution in [2.24, 2.45) is 5.92 Å². The van der Waals surface area contributed by atoms with E-state index in [9.17, 15) is 4.79 Å². The first-order valence-corrected chi connectivity index (χ1v) is 8.23. The molecule has 2 aliphatic heterocycles. The monoisotopic (exact) mass is 281 g/mol. The molecule has 2 aliphatic rings. The van der Waals surface area contributed by atoms with Crippen molar-refractivity contribution in [3.63, 3.8) is 0 Å². The molecule has 4 heteroatoms. The summed E-state index contributed by atoms with van der Waals surface area (Å²) in [6.45, 7) is 15.1. The van der Waals surface area contributed by atoms with E-state index in [4.69, 9.17) is 0 Å². The fourth-order valence-corrected chi connectivity index (χ4v) is 3.46. The summed E-state index contributed by atoms with van der Waals surface area (Å²) in [6.07, 6.45) is 2.71. The summed E-state index contributed by atoms with van der Waals surface area (Å²) < 4.78 is 0. The average Bonchev–Trinajstić information content (AvgIpc) is 2.41. The van der Waals surface area contributed by atoms with E-state index >= 15 is 0 Å². The van der Waals surface area contributed by atoms with Gasteiger partial charge in [-0.3, -0.25) is 9.69 Å². The van der Waals surface area contributed by atoms with Crippen molar-refractivity contribution in [2.45, 2.75) is 39.7 Å². The van der Waals surface area contributed by atoms with E-state index in [0.717, 1.165) is 32.1 Å². The Morgan fingerprint density at radius 3 is 2.05 bits per heavy atom. The molecule has 0 N–H and O–H groups in total. The maximum absolute atomic E-state index is 11.1. The summed E-state index contributed by atoms with van der Waals surface area (Å²) >= 11 is 0. The Morgan fingerprint density at radius 1 is 1.00 bits per heavy atom. The number of hydrogen-bond donors (Lipinski definition) is 0. The molecule has 20 heavy (non-hydrogen) atoms. The molecule has 0 atom stereocenters. The summed E-state index contributed by atoms with van der Waals surface area (Å²) in [5.41, 5.74) is 0. The third-order valence-corrected chi connectivity index (χ3v) is 4.81. The maximum Gasteiger partial charge on any atom is 0.143 e. The lowest BCUT2D eigenvalue weighted by Gasteiger charge is -2.39. The van der Waals surface area contributed by atoms with Gasteiger partial charge in [0.15, 0.2) is 0 Å². The predicted octanol–water partition coefficient (Wildman–Crippen LogP) is 1.31. The van der Waals surface area contributed by atoms with Crippen LogP contribution in [-0.4, -0.2) is 78.9 Å². The molecule has 0 aliphatic carbocycles. The van der Waals surface area contributed by atoms with Gasteiger partial charge >= 0.3 is 0 Å². The SMILES string of the molecule is CC(=O)CN1CCN(CC2CCN(C(C)C)CC2)CC1. The van der Waals surface area contributed by atoms with Crippen LogP contribution >= 0.6 is 0 Å². The Balaban J connectivity index is 1.65. The molecular weight excluding hydrogens is 250 g/mol. The van der Waals surface area contributed by atoms with Crippen molar-refractivity contribution < 1.29 is 4.79 Å². The van der Waals surface area contributed by atoms with Gasteiger partial charge in [-0.25, -0.2) is 0 Å². The lowest BCUT2D eigenvalue weighted by Crippen LogP contribution is -2.50. The Hall–Kier alpha value is -0.450. The Kier molecular flexibility index (Phi) is 6.00. The quantitative estimate of drug-likeness (QED) is 0.759. The number of rotatable bonds is 5. The molecule has 0 saturated carbocycles. The van der Waals surface area contributed by atoms with Gasteiger partial charge in [0.05, 0.1) is 6.54 Å². The zero-order valence-electron chi connectivity index (χ0n) is 13.5. The van der Waals surface area contributed by atoms with Gasteiger partial charge in [0, 0.05) is 38.8 Å². The normalized spacial score (nSPS) is 24.4. The number of nitrogens with zero attached hydrogens (tertiary/aromatic N) is 3. The average molecular weight is 281 g/mol. The molecule has 2 heterocycles. The third kappa shape index (κ3) is 4.83. The van der Waals surface area contributed by atoms with Crippen molar-refractivity contribution in [3.8, 4) is 0 Å². The van der Waals surface area contributed by atoms with Crippen LogP contribution in [0.25, 0.3) is 0 Å². The highest BCUT2D eigenvalue weighted by Crippen LogP contribution is 2.20. The molecule has 4 nitrogen and oxygen atoms in total. The van der Waals surface area contributed by atoms with Crippen LogP contribution in [-0.2, 0) is 4.79 Å². The number of piperidine rings is 1. The summed E-state index contributed by atoms with van der Waals surface area (Å²) in [6, 6.07) is 0.700. The van der Waals surface area contributed by atoms with Gasteiger partial charge in [0.1, 0.15) is 5.78 Å². The minimum absolute atomic E-state index is 0.291. The van der Waals surface area contributed by atoms with Crippen LogP contribution in [0.15, 0.2) is 0 Å². The van der Waals surface area contributed by atoms with Crippen LogP contribution in [0.3, 0.4) is 0 Å². The van der Waals surface area contributed by atoms with E-state index in [1.807, 2.05) is 0 Å². The fraction of sp³-hybridized carbons (Fsp3) is 0.938. The highest BCUT2D eigenvalue weighted by atomic mass is 16.1. The van der Waals surface area contributed by atoms with Gasteiger partial charge in [-0.2, -0.15) is 0 Å². The van der Waals surface area contributed by atoms with Crippen molar-refractivity contribution in [1.29, 1.82) is 0 Å². The van der Waals surface area contributed by atoms with Crippen LogP contribution in [0.2, 0.25) is 0 Å². The van der Waals surface area contributed by atoms with E-state index < -0.39 is 0 Å². The maximum atomic E-state index is 11.1. The van der Waals surface area contributed by atoms with Crippen molar-refractivity contribution in [2.75, 3.05) is 52.4 Å². The lowest BCUT2D eigenvalue weighted by molar-refractivity contribution is -0.118. The molecule has 0 aromatic carbocycles. The van der Waals surface area contributed by atoms with Crippen LogP contribution in [0, 0.1) is 5.92 Å². The topological polar surface area (TPSA) is 26.8 Å². The number of carbonyl (C=O) groups is 1. The molecule has 2 fully saturated rings. The second kappa shape index (κ2) is 7.53. The zero-order valence-corrected chi connectivity index (χ0v) is 13.5. The molecule has 0 bridgehead atoms. The minimum Gasteiger partial charge on any atom is -0.301 e. The zero-order chi connectivity index (χ0) is 14.5. The second-order valence-corrected chi connectivity index (χ2v) is 6.85. The van der Waals surface area contributed by atoms with E-state index in [-0.39, 0.29) is 0 Å². The Bertz CT molecular complexity index is 303. The standard InChI is InChI=1S/C16H31N3O/c1-14(2)19-6-4-16(5-7-19)13-18-10-8-17(9-11-18)12-15(3)20/h14,16H,4-13H2,1-3H3. The molecule has 0 spiro atoms. The predicted molar refractivity (Wildman–Crippen MR) is 83.0 cm³/mol. The summed E-state index contributed by atoms with van der Waals surface area (Å²) in [5, 5.41) is 0. The molecular formula is C16H31N3O. The number of carbonyl (C=O) groups excluding carboxylic acids is 1. The first-order chi connectivity index (χ1) is 9.54. The van der Waals surface area contributed by atoms with E-state index in [2.05, 4.69) is 28.5 Å². The van der Waals surface area contributed by atoms with E-state index in [1.54, 1.807) is 6.92 Å². The largest absolute Gasteiger partial charge is 0.301 e. The number of piperazine rings is 1. The molecule has 0 amide bonds. The summed E-state index contributed by atoms with van der Waals surface area (Å²) in [5.74, 6) is 1.17. The van der Waals surface area contributed by atoms with Gasteiger partial charge in [-0.15, -0.1) is 0 Å². The van der Waals surface area contributed by atoms with Crippen molar-refractivity contribution in [1.82, 2.24) is 14.7 Å². The molecule has 2 saturated heterocycles. The van der Waals surface area contributed by atoms with Crippen LogP contribution in [0.4, 0.5) is 0 Å². The molecule has 0 radical (unpaired) electrons. The van der Waals surface area contributed by atoms with E-state index in [0.29, 0.717) is 18.4 Å². The first kappa shape index (κ1) is 15.9. The number of Topliss-reactive ketones (excluding diaryl/α,β-unsaturated/α-hetero) is 1. The summed E-state index contributed by atoms with van der Waals surface area (Å²) in [7, 11) is 0. The van der Waals surface area contributed by atoms with Gasteiger partial charge in [0.25, 0.3) is 0 Å². The molecule has 0 unspecified atom stereocenters. The number of likely N-dealkylation sites (tertiary alicyclic amines) is 1. The fourth-order valence-electron chi connectivity index (χ4n) is 3.46. The smallest absolute Gasteiger partial charge is 0.143 e. The first-order valence-electron chi connectivity index (χ1n) is 8.23. The van der Waals surface area contributed by atoms with E-state index in [1.165, 1.54) is 32.5 Å². The molecule has 2 rings (SSSR count). The molecule has 116 valence electrons. The van der Waals surface area contributed by atoms with Gasteiger partial charge in [0.2, 0.25) is 0 Å². The highest BCUT2D eigenvalue weighted by Gasteiger charge is 2.24. The van der Waals surface area contributed by atoms with Crippen LogP contribution in [0.5, 0.6) is 0 Å². The van der Waals surface area contributed by atoms with Crippen LogP contribution < -0.4 is 0 Å². The number of ketones is 1. The summed E-state index contributed by atoms with van der Waals surface area (Å²) in [4.78, 5) is 18.6. The highest BCUT2D eigenvalue weighted by molar-refractivity contribution is 5.77. The lowest BCUT2D eigenvalue weighted by atomic mass is 9.95. The van der Waals surface area contributed by atoms with Gasteiger partial charge in [-0.05, 0) is 52.6 Å². The third-order valence-electron chi connectivity index (χ3n) is 4.81. The second-order valence-electron chi connectivity index (χ2n) is 6.85.